The first-order valence-corrected chi connectivity index (χ1v) is 6.53. The van der Waals surface area contributed by atoms with Gasteiger partial charge in [-0.25, -0.2) is 9.13 Å². The molecule has 0 aliphatic carbocycles. The van der Waals surface area contributed by atoms with E-state index in [1.165, 1.54) is 0 Å². The van der Waals surface area contributed by atoms with Crippen LogP contribution in [0.3, 0.4) is 0 Å². The Morgan fingerprint density at radius 3 is 2.94 bits per heavy atom. The van der Waals surface area contributed by atoms with E-state index in [4.69, 9.17) is 16.3 Å². The van der Waals surface area contributed by atoms with Gasteiger partial charge in [-0.2, -0.15) is 0 Å². The van der Waals surface area contributed by atoms with Crippen molar-refractivity contribution in [2.75, 3.05) is 6.61 Å². The zero-order valence-electron chi connectivity index (χ0n) is 10.6. The SMILES string of the molecule is CCCOCn1cc[n+](Cc2ccccc2Cl)c1. The molecule has 0 fully saturated rings. The third-order valence-electron chi connectivity index (χ3n) is 2.65. The molecular formula is C14H18ClN2O+. The van der Waals surface area contributed by atoms with Gasteiger partial charge in [0.05, 0.1) is 6.61 Å². The standard InChI is InChI=1S/C14H18ClN2O/c1-2-9-18-12-17-8-7-16(11-17)10-13-5-3-4-6-14(13)15/h3-8,11H,2,9-10,12H2,1H3/q+1. The number of hydrogen-bond donors (Lipinski definition) is 0. The molecule has 3 nitrogen and oxygen atoms in total. The molecule has 4 heteroatoms. The van der Waals surface area contributed by atoms with Crippen molar-refractivity contribution in [2.24, 2.45) is 0 Å². The Hall–Kier alpha value is -1.32. The second-order valence-electron chi connectivity index (χ2n) is 4.23. The molecule has 0 aliphatic rings. The maximum Gasteiger partial charge on any atom is 0.245 e. The fourth-order valence-corrected chi connectivity index (χ4v) is 1.94. The van der Waals surface area contributed by atoms with Gasteiger partial charge in [-0.3, -0.25) is 0 Å². The van der Waals surface area contributed by atoms with Gasteiger partial charge in [-0.1, -0.05) is 36.7 Å². The van der Waals surface area contributed by atoms with E-state index in [1.807, 2.05) is 47.6 Å². The van der Waals surface area contributed by atoms with Crippen LogP contribution >= 0.6 is 11.6 Å². The lowest BCUT2D eigenvalue weighted by Gasteiger charge is -2.00. The Kier molecular flexibility index (Phi) is 4.79. The molecule has 0 saturated heterocycles. The van der Waals surface area contributed by atoms with Gasteiger partial charge in [-0.15, -0.1) is 0 Å². The Bertz CT molecular complexity index is 496. The molecule has 0 saturated carbocycles. The monoisotopic (exact) mass is 265 g/mol. The van der Waals surface area contributed by atoms with Gasteiger partial charge in [0.2, 0.25) is 6.33 Å². The lowest BCUT2D eigenvalue weighted by molar-refractivity contribution is -0.688. The van der Waals surface area contributed by atoms with Gasteiger partial charge in [0, 0.05) is 10.6 Å². The summed E-state index contributed by atoms with van der Waals surface area (Å²) in [6.07, 6.45) is 7.10. The number of rotatable bonds is 6. The number of imidazole rings is 1. The summed E-state index contributed by atoms with van der Waals surface area (Å²) in [4.78, 5) is 0. The van der Waals surface area contributed by atoms with Crippen molar-refractivity contribution in [3.8, 4) is 0 Å². The van der Waals surface area contributed by atoms with Crippen LogP contribution in [0.4, 0.5) is 0 Å². The Balaban J connectivity index is 1.96. The van der Waals surface area contributed by atoms with Crippen LogP contribution in [-0.2, 0) is 18.0 Å². The summed E-state index contributed by atoms with van der Waals surface area (Å²) in [7, 11) is 0. The van der Waals surface area contributed by atoms with E-state index in [0.717, 1.165) is 30.2 Å². The number of ether oxygens (including phenoxy) is 1. The highest BCUT2D eigenvalue weighted by atomic mass is 35.5. The normalized spacial score (nSPS) is 10.8. The highest BCUT2D eigenvalue weighted by Crippen LogP contribution is 2.14. The molecule has 0 unspecified atom stereocenters. The predicted molar refractivity (Wildman–Crippen MR) is 71.4 cm³/mol. The summed E-state index contributed by atoms with van der Waals surface area (Å²) in [5.41, 5.74) is 1.12. The van der Waals surface area contributed by atoms with Gasteiger partial charge in [0.25, 0.3) is 0 Å². The molecule has 0 N–H and O–H groups in total. The number of nitrogens with zero attached hydrogens (tertiary/aromatic N) is 2. The smallest absolute Gasteiger partial charge is 0.245 e. The third-order valence-corrected chi connectivity index (χ3v) is 3.01. The molecule has 0 radical (unpaired) electrons. The molecule has 0 atom stereocenters. The van der Waals surface area contributed by atoms with E-state index in [-0.39, 0.29) is 0 Å². The second kappa shape index (κ2) is 6.57. The quantitative estimate of drug-likeness (QED) is 0.580. The Morgan fingerprint density at radius 1 is 1.33 bits per heavy atom. The Morgan fingerprint density at radius 2 is 2.17 bits per heavy atom. The van der Waals surface area contributed by atoms with Gasteiger partial charge in [0.1, 0.15) is 18.9 Å². The summed E-state index contributed by atoms with van der Waals surface area (Å²) in [5, 5.41) is 0.806. The van der Waals surface area contributed by atoms with E-state index >= 15 is 0 Å². The number of halogens is 1. The van der Waals surface area contributed by atoms with Crippen molar-refractivity contribution in [3.63, 3.8) is 0 Å². The predicted octanol–water partition coefficient (Wildman–Crippen LogP) is 2.86. The van der Waals surface area contributed by atoms with Gasteiger partial charge in [0.15, 0.2) is 6.73 Å². The maximum atomic E-state index is 6.14. The van der Waals surface area contributed by atoms with Crippen molar-refractivity contribution < 1.29 is 9.30 Å². The topological polar surface area (TPSA) is 18.0 Å². The fourth-order valence-electron chi connectivity index (χ4n) is 1.75. The molecule has 96 valence electrons. The van der Waals surface area contributed by atoms with Crippen LogP contribution in [0, 0.1) is 0 Å². The number of aromatic nitrogens is 2. The van der Waals surface area contributed by atoms with Crippen molar-refractivity contribution in [1.29, 1.82) is 0 Å². The van der Waals surface area contributed by atoms with E-state index in [0.29, 0.717) is 6.73 Å². The summed E-state index contributed by atoms with van der Waals surface area (Å²) in [6, 6.07) is 7.91. The maximum absolute atomic E-state index is 6.14. The van der Waals surface area contributed by atoms with E-state index < -0.39 is 0 Å². The minimum atomic E-state index is 0.601. The van der Waals surface area contributed by atoms with Crippen LogP contribution in [0.15, 0.2) is 43.0 Å². The zero-order chi connectivity index (χ0) is 12.8. The first-order valence-electron chi connectivity index (χ1n) is 6.15. The van der Waals surface area contributed by atoms with E-state index in [9.17, 15) is 0 Å². The average molecular weight is 266 g/mol. The lowest BCUT2D eigenvalue weighted by Crippen LogP contribution is -2.31. The molecule has 2 aromatic rings. The van der Waals surface area contributed by atoms with Gasteiger partial charge >= 0.3 is 0 Å². The van der Waals surface area contributed by atoms with Crippen LogP contribution < -0.4 is 4.57 Å². The average Bonchev–Trinajstić information content (AvgIpc) is 2.80. The summed E-state index contributed by atoms with van der Waals surface area (Å²) in [6.45, 7) is 4.28. The fraction of sp³-hybridized carbons (Fsp3) is 0.357. The minimum absolute atomic E-state index is 0.601. The summed E-state index contributed by atoms with van der Waals surface area (Å²) < 4.78 is 9.59. The molecule has 0 spiro atoms. The van der Waals surface area contributed by atoms with Crippen LogP contribution in [-0.4, -0.2) is 11.2 Å². The van der Waals surface area contributed by atoms with Gasteiger partial charge < -0.3 is 4.74 Å². The number of hydrogen-bond acceptors (Lipinski definition) is 1. The van der Waals surface area contributed by atoms with Gasteiger partial charge in [-0.05, 0) is 12.5 Å². The first kappa shape index (κ1) is 13.1. The van der Waals surface area contributed by atoms with E-state index in [2.05, 4.69) is 11.5 Å². The van der Waals surface area contributed by atoms with Crippen LogP contribution in [0.1, 0.15) is 18.9 Å². The molecule has 0 aliphatic heterocycles. The highest BCUT2D eigenvalue weighted by molar-refractivity contribution is 6.31. The summed E-state index contributed by atoms with van der Waals surface area (Å²) in [5.74, 6) is 0. The van der Waals surface area contributed by atoms with Crippen molar-refractivity contribution in [1.82, 2.24) is 4.57 Å². The molecular weight excluding hydrogens is 248 g/mol. The molecule has 1 aromatic carbocycles. The second-order valence-corrected chi connectivity index (χ2v) is 4.64. The lowest BCUT2D eigenvalue weighted by atomic mass is 10.2. The molecule has 18 heavy (non-hydrogen) atoms. The molecule has 0 bridgehead atoms. The van der Waals surface area contributed by atoms with Crippen LogP contribution in [0.5, 0.6) is 0 Å². The molecule has 1 heterocycles. The van der Waals surface area contributed by atoms with E-state index in [1.54, 1.807) is 0 Å². The molecule has 1 aromatic heterocycles. The van der Waals surface area contributed by atoms with Crippen LogP contribution in [0.2, 0.25) is 5.02 Å². The minimum Gasteiger partial charge on any atom is -0.342 e. The van der Waals surface area contributed by atoms with Crippen molar-refractivity contribution in [2.45, 2.75) is 26.6 Å². The summed E-state index contributed by atoms with van der Waals surface area (Å²) >= 11 is 6.14. The molecule has 2 rings (SSSR count). The largest absolute Gasteiger partial charge is 0.342 e. The Labute approximate surface area is 113 Å². The third kappa shape index (κ3) is 3.59. The number of benzene rings is 1. The van der Waals surface area contributed by atoms with Crippen molar-refractivity contribution >= 4 is 11.6 Å². The zero-order valence-corrected chi connectivity index (χ0v) is 11.3. The first-order chi connectivity index (χ1) is 8.79. The molecule has 0 amide bonds. The highest BCUT2D eigenvalue weighted by Gasteiger charge is 2.06. The van der Waals surface area contributed by atoms with Crippen LogP contribution in [0.25, 0.3) is 0 Å². The van der Waals surface area contributed by atoms with Crippen molar-refractivity contribution in [3.05, 3.63) is 53.6 Å².